The van der Waals surface area contributed by atoms with E-state index in [1.54, 1.807) is 32.0 Å². The smallest absolute Gasteiger partial charge is 0.335 e. The molecule has 0 saturated carbocycles. The number of aliphatic carboxylic acids is 1. The van der Waals surface area contributed by atoms with Gasteiger partial charge in [0, 0.05) is 12.0 Å². The summed E-state index contributed by atoms with van der Waals surface area (Å²) in [4.78, 5) is 24.5. The third-order valence-corrected chi connectivity index (χ3v) is 6.67. The topological polar surface area (TPSA) is 129 Å². The van der Waals surface area contributed by atoms with E-state index in [4.69, 9.17) is 4.74 Å². The van der Waals surface area contributed by atoms with Crippen LogP contribution in [0.25, 0.3) is 5.69 Å². The van der Waals surface area contributed by atoms with E-state index in [1.807, 2.05) is 12.1 Å². The summed E-state index contributed by atoms with van der Waals surface area (Å²) in [6.45, 7) is 3.33. The lowest BCUT2D eigenvalue weighted by atomic mass is 9.91. The van der Waals surface area contributed by atoms with Gasteiger partial charge < -0.3 is 14.9 Å². The number of aromatic hydroxyl groups is 1. The molecule has 3 aromatic rings. The molecule has 1 aliphatic heterocycles. The predicted octanol–water partition coefficient (Wildman–Crippen LogP) is 5.29. The number of para-hydroxylation sites is 1. The highest BCUT2D eigenvalue weighted by Crippen LogP contribution is 2.43. The van der Waals surface area contributed by atoms with E-state index in [0.29, 0.717) is 17.0 Å². The number of H-pyrrole nitrogens is 1. The summed E-state index contributed by atoms with van der Waals surface area (Å²) < 4.78 is 7.12. The maximum absolute atomic E-state index is 13.1. The van der Waals surface area contributed by atoms with Crippen molar-refractivity contribution in [1.82, 2.24) is 9.78 Å². The number of nitrogens with zero attached hydrogens (tertiary/aromatic N) is 3. The van der Waals surface area contributed by atoms with Crippen molar-refractivity contribution < 1.29 is 19.7 Å². The molecule has 0 fully saturated rings. The van der Waals surface area contributed by atoms with Crippen LogP contribution in [0.15, 0.2) is 62.8 Å². The maximum Gasteiger partial charge on any atom is 0.335 e. The Bertz CT molecular complexity index is 1450. The number of fused-ring (bicyclic) bond motifs is 1. The van der Waals surface area contributed by atoms with Gasteiger partial charge in [0.15, 0.2) is 5.69 Å². The van der Waals surface area contributed by atoms with E-state index in [-0.39, 0.29) is 34.7 Å². The van der Waals surface area contributed by atoms with Gasteiger partial charge in [0.25, 0.3) is 5.56 Å². The normalized spacial score (nSPS) is 17.6. The number of ether oxygens (including phenoxy) is 1. The van der Waals surface area contributed by atoms with E-state index in [1.165, 1.54) is 22.2 Å². The molecule has 1 atom stereocenters. The fourth-order valence-electron chi connectivity index (χ4n) is 4.76. The monoisotopic (exact) mass is 474 g/mol. The summed E-state index contributed by atoms with van der Waals surface area (Å²) in [5.74, 6) is -0.887. The van der Waals surface area contributed by atoms with Gasteiger partial charge in [-0.1, -0.05) is 18.2 Å². The van der Waals surface area contributed by atoms with Crippen molar-refractivity contribution >= 4 is 17.3 Å². The molecule has 9 nitrogen and oxygen atoms in total. The number of carboxylic acids is 1. The molecule has 180 valence electrons. The van der Waals surface area contributed by atoms with Crippen LogP contribution in [0.4, 0.5) is 11.4 Å². The number of hydrogen-bond acceptors (Lipinski definition) is 6. The van der Waals surface area contributed by atoms with Crippen molar-refractivity contribution in [3.63, 3.8) is 0 Å². The number of benzene rings is 2. The molecule has 3 N–H and O–H groups in total. The van der Waals surface area contributed by atoms with Crippen molar-refractivity contribution in [2.24, 2.45) is 10.2 Å². The van der Waals surface area contributed by atoms with Gasteiger partial charge in [0.05, 0.1) is 17.0 Å². The summed E-state index contributed by atoms with van der Waals surface area (Å²) in [6, 6.07) is 11.0. The van der Waals surface area contributed by atoms with E-state index < -0.39 is 12.1 Å². The minimum Gasteiger partial charge on any atom is -0.505 e. The number of allylic oxidation sites excluding steroid dienone is 1. The van der Waals surface area contributed by atoms with Crippen LogP contribution in [0.2, 0.25) is 0 Å². The number of phenolic OH excluding ortho intramolecular Hbond substituents is 1. The van der Waals surface area contributed by atoms with E-state index in [2.05, 4.69) is 21.4 Å². The second-order valence-corrected chi connectivity index (χ2v) is 8.95. The highest BCUT2D eigenvalue weighted by Gasteiger charge is 2.31. The summed E-state index contributed by atoms with van der Waals surface area (Å²) in [5, 5.41) is 31.4. The van der Waals surface area contributed by atoms with Crippen molar-refractivity contribution in [3.8, 4) is 11.4 Å². The highest BCUT2D eigenvalue weighted by molar-refractivity contribution is 5.87. The van der Waals surface area contributed by atoms with Crippen molar-refractivity contribution in [3.05, 3.63) is 80.5 Å². The first-order valence-electron chi connectivity index (χ1n) is 11.6. The van der Waals surface area contributed by atoms with Crippen LogP contribution in [-0.2, 0) is 22.4 Å². The Morgan fingerprint density at radius 3 is 2.63 bits per heavy atom. The number of rotatable bonds is 5. The summed E-state index contributed by atoms with van der Waals surface area (Å²) >= 11 is 0. The van der Waals surface area contributed by atoms with Gasteiger partial charge in [-0.15, -0.1) is 10.2 Å². The van der Waals surface area contributed by atoms with Crippen molar-refractivity contribution in [2.45, 2.75) is 52.1 Å². The first kappa shape index (κ1) is 22.6. The molecule has 35 heavy (non-hydrogen) atoms. The number of phenols is 1. The highest BCUT2D eigenvalue weighted by atomic mass is 16.5. The zero-order chi connectivity index (χ0) is 24.7. The van der Waals surface area contributed by atoms with Crippen LogP contribution in [0, 0.1) is 6.92 Å². The fourth-order valence-corrected chi connectivity index (χ4v) is 4.76. The Hall–Kier alpha value is -4.14. The molecule has 9 heteroatoms. The Morgan fingerprint density at radius 1 is 1.11 bits per heavy atom. The van der Waals surface area contributed by atoms with Gasteiger partial charge in [-0.25, -0.2) is 9.48 Å². The number of azo groups is 1. The lowest BCUT2D eigenvalue weighted by molar-refractivity contribution is -0.132. The second kappa shape index (κ2) is 8.90. The lowest BCUT2D eigenvalue weighted by Gasteiger charge is -2.16. The minimum absolute atomic E-state index is 0.137. The van der Waals surface area contributed by atoms with E-state index in [9.17, 15) is 19.8 Å². The average Bonchev–Trinajstić information content (AvgIpc) is 3.37. The molecule has 1 unspecified atom stereocenters. The van der Waals surface area contributed by atoms with E-state index >= 15 is 0 Å². The predicted molar refractivity (Wildman–Crippen MR) is 129 cm³/mol. The molecular formula is C26H26N4O5. The third kappa shape index (κ3) is 4.14. The molecule has 0 radical (unpaired) electrons. The van der Waals surface area contributed by atoms with Crippen LogP contribution >= 0.6 is 0 Å². The second-order valence-electron chi connectivity index (χ2n) is 8.95. The number of aryl methyl sites for hydroxylation is 3. The molecule has 0 saturated heterocycles. The summed E-state index contributed by atoms with van der Waals surface area (Å²) in [7, 11) is 0. The van der Waals surface area contributed by atoms with Crippen LogP contribution in [0.3, 0.4) is 0 Å². The molecule has 2 aliphatic rings. The molecule has 1 aliphatic carbocycles. The zero-order valence-corrected chi connectivity index (χ0v) is 19.5. The van der Waals surface area contributed by atoms with Gasteiger partial charge in [0.1, 0.15) is 23.3 Å². The molecule has 0 spiro atoms. The number of aromatic amines is 1. The van der Waals surface area contributed by atoms with Crippen LogP contribution in [0.5, 0.6) is 5.75 Å². The first-order valence-corrected chi connectivity index (χ1v) is 11.6. The molecule has 5 rings (SSSR count). The Morgan fingerprint density at radius 2 is 1.89 bits per heavy atom. The molecule has 1 aromatic heterocycles. The fraction of sp³-hybridized carbons (Fsp3) is 0.308. The van der Waals surface area contributed by atoms with E-state index in [0.717, 1.165) is 24.9 Å². The Balaban J connectivity index is 1.43. The molecular weight excluding hydrogens is 448 g/mol. The van der Waals surface area contributed by atoms with Gasteiger partial charge in [-0.3, -0.25) is 9.89 Å². The number of carbonyl (C=O) groups is 1. The standard InChI is InChI=1S/C26H26N4O5/c1-14-23(25(32)30(29-14)18-11-10-16-6-3-4-7-17(16)12-18)28-27-21-9-5-8-19(24(21)31)22-13-20(26(33)34)15(2)35-22/h5,8-12,22,29,31H,3-4,6-7,13H2,1-2H3,(H,33,34). The van der Waals surface area contributed by atoms with Gasteiger partial charge in [-0.2, -0.15) is 0 Å². The van der Waals surface area contributed by atoms with Gasteiger partial charge in [-0.05, 0) is 68.9 Å². The van der Waals surface area contributed by atoms with Crippen LogP contribution in [-0.4, -0.2) is 26.0 Å². The molecule has 2 aromatic carbocycles. The number of hydrogen-bond donors (Lipinski definition) is 3. The number of carboxylic acid groups (broad SMARTS) is 1. The zero-order valence-electron chi connectivity index (χ0n) is 19.5. The quantitative estimate of drug-likeness (QED) is 0.433. The SMILES string of the molecule is CC1=C(C(=O)O)CC(c2cccc(N=Nc3c(C)[nH]n(-c4ccc5c(c4)CCCC5)c3=O)c2O)O1. The van der Waals surface area contributed by atoms with Crippen molar-refractivity contribution in [1.29, 1.82) is 0 Å². The van der Waals surface area contributed by atoms with Gasteiger partial charge >= 0.3 is 5.97 Å². The third-order valence-electron chi connectivity index (χ3n) is 6.67. The van der Waals surface area contributed by atoms with Crippen LogP contribution in [0.1, 0.15) is 54.7 Å². The first-order chi connectivity index (χ1) is 16.8. The van der Waals surface area contributed by atoms with Gasteiger partial charge in [0.2, 0.25) is 0 Å². The molecule has 2 heterocycles. The average molecular weight is 475 g/mol. The Labute approximate surface area is 201 Å². The van der Waals surface area contributed by atoms with Crippen molar-refractivity contribution in [2.75, 3.05) is 0 Å². The number of aromatic nitrogens is 2. The number of nitrogens with one attached hydrogen (secondary N) is 1. The lowest BCUT2D eigenvalue weighted by Crippen LogP contribution is -2.15. The Kier molecular flexibility index (Phi) is 5.76. The summed E-state index contributed by atoms with van der Waals surface area (Å²) in [5.41, 5.74) is 4.46. The molecule has 0 bridgehead atoms. The largest absolute Gasteiger partial charge is 0.505 e. The maximum atomic E-state index is 13.1. The van der Waals surface area contributed by atoms with Crippen LogP contribution < -0.4 is 5.56 Å². The minimum atomic E-state index is -1.04. The summed E-state index contributed by atoms with van der Waals surface area (Å²) in [6.07, 6.45) is 3.92. The molecule has 0 amide bonds.